The molecule has 3 aliphatic carbocycles. The summed E-state index contributed by atoms with van der Waals surface area (Å²) >= 11 is 0. The number of hydrogen-bond acceptors (Lipinski definition) is 2. The van der Waals surface area contributed by atoms with Gasteiger partial charge in [-0.05, 0) is 52.5 Å². The lowest BCUT2D eigenvalue weighted by Crippen LogP contribution is -2.31. The van der Waals surface area contributed by atoms with E-state index in [9.17, 15) is 4.79 Å². The second-order valence-corrected chi connectivity index (χ2v) is 6.88. The molecule has 0 bridgehead atoms. The van der Waals surface area contributed by atoms with E-state index in [0.29, 0.717) is 11.8 Å². The largest absolute Gasteiger partial charge is 0.457 e. The first-order valence-corrected chi connectivity index (χ1v) is 7.07. The van der Waals surface area contributed by atoms with Crippen LogP contribution in [-0.2, 0) is 9.53 Å². The van der Waals surface area contributed by atoms with Crippen LogP contribution in [0.15, 0.2) is 23.3 Å². The van der Waals surface area contributed by atoms with Gasteiger partial charge in [0.05, 0.1) is 5.41 Å². The number of carbonyl (C=O) groups is 1. The van der Waals surface area contributed by atoms with Crippen molar-refractivity contribution >= 4 is 5.97 Å². The van der Waals surface area contributed by atoms with Gasteiger partial charge in [0, 0.05) is 11.8 Å². The Morgan fingerprint density at radius 3 is 2.78 bits per heavy atom. The molecule has 0 radical (unpaired) electrons. The summed E-state index contributed by atoms with van der Waals surface area (Å²) in [6.45, 7) is 5.75. The van der Waals surface area contributed by atoms with E-state index >= 15 is 0 Å². The Bertz CT molecular complexity index is 437. The van der Waals surface area contributed by atoms with Gasteiger partial charge in [0.1, 0.15) is 6.10 Å². The zero-order chi connectivity index (χ0) is 12.9. The van der Waals surface area contributed by atoms with Gasteiger partial charge in [-0.25, -0.2) is 0 Å². The number of esters is 1. The van der Waals surface area contributed by atoms with Gasteiger partial charge in [-0.15, -0.1) is 0 Å². The fourth-order valence-electron chi connectivity index (χ4n) is 3.51. The van der Waals surface area contributed by atoms with Gasteiger partial charge in [-0.2, -0.15) is 0 Å². The summed E-state index contributed by atoms with van der Waals surface area (Å²) in [7, 11) is 0. The van der Waals surface area contributed by atoms with Crippen LogP contribution in [0.2, 0.25) is 0 Å². The Kier molecular flexibility index (Phi) is 2.65. The van der Waals surface area contributed by atoms with Crippen LogP contribution in [0.25, 0.3) is 0 Å². The van der Waals surface area contributed by atoms with E-state index in [-0.39, 0.29) is 12.1 Å². The molecule has 0 heterocycles. The lowest BCUT2D eigenvalue weighted by Gasteiger charge is -2.25. The molecular formula is C16H22O2. The van der Waals surface area contributed by atoms with Crippen LogP contribution in [0.4, 0.5) is 0 Å². The smallest absolute Gasteiger partial charge is 0.311 e. The van der Waals surface area contributed by atoms with Crippen molar-refractivity contribution in [3.63, 3.8) is 0 Å². The molecule has 0 unspecified atom stereocenters. The predicted octanol–water partition coefficient (Wildman–Crippen LogP) is 3.63. The molecule has 3 atom stereocenters. The molecule has 0 amide bonds. The highest BCUT2D eigenvalue weighted by Crippen LogP contribution is 2.51. The van der Waals surface area contributed by atoms with Gasteiger partial charge in [0.15, 0.2) is 0 Å². The van der Waals surface area contributed by atoms with Crippen molar-refractivity contribution in [1.29, 1.82) is 0 Å². The Morgan fingerprint density at radius 1 is 1.28 bits per heavy atom. The fourth-order valence-corrected chi connectivity index (χ4v) is 3.51. The number of ether oxygens (including phenoxy) is 1. The van der Waals surface area contributed by atoms with Gasteiger partial charge >= 0.3 is 5.97 Å². The maximum absolute atomic E-state index is 12.0. The average Bonchev–Trinajstić information content (AvgIpc) is 2.89. The van der Waals surface area contributed by atoms with Crippen molar-refractivity contribution < 1.29 is 9.53 Å². The summed E-state index contributed by atoms with van der Waals surface area (Å²) in [5, 5.41) is 0. The van der Waals surface area contributed by atoms with Crippen molar-refractivity contribution in [2.24, 2.45) is 17.3 Å². The van der Waals surface area contributed by atoms with Gasteiger partial charge in [0.25, 0.3) is 0 Å². The summed E-state index contributed by atoms with van der Waals surface area (Å²) < 4.78 is 5.70. The van der Waals surface area contributed by atoms with Gasteiger partial charge in [-0.1, -0.05) is 17.2 Å². The second-order valence-electron chi connectivity index (χ2n) is 6.88. The van der Waals surface area contributed by atoms with Crippen molar-refractivity contribution in [2.75, 3.05) is 0 Å². The quantitative estimate of drug-likeness (QED) is 0.521. The topological polar surface area (TPSA) is 26.3 Å². The lowest BCUT2D eigenvalue weighted by molar-refractivity contribution is -0.158. The van der Waals surface area contributed by atoms with Crippen molar-refractivity contribution in [1.82, 2.24) is 0 Å². The third-order valence-electron chi connectivity index (χ3n) is 4.51. The number of fused-ring (bicyclic) bond motifs is 2. The monoisotopic (exact) mass is 246 g/mol. The molecule has 0 aliphatic heterocycles. The predicted molar refractivity (Wildman–Crippen MR) is 70.9 cm³/mol. The minimum absolute atomic E-state index is 0.00678. The molecule has 2 heteroatoms. The van der Waals surface area contributed by atoms with Gasteiger partial charge in [0.2, 0.25) is 0 Å². The molecule has 0 aromatic heterocycles. The molecule has 0 fully saturated rings. The third-order valence-corrected chi connectivity index (χ3v) is 4.51. The molecule has 3 rings (SSSR count). The molecule has 0 N–H and O–H groups in total. The Balaban J connectivity index is 1.69. The first-order valence-electron chi connectivity index (χ1n) is 7.07. The van der Waals surface area contributed by atoms with Crippen LogP contribution >= 0.6 is 0 Å². The highest BCUT2D eigenvalue weighted by Gasteiger charge is 2.43. The first kappa shape index (κ1) is 12.0. The van der Waals surface area contributed by atoms with E-state index in [1.807, 2.05) is 20.8 Å². The summed E-state index contributed by atoms with van der Waals surface area (Å²) in [6, 6.07) is 0. The molecule has 0 saturated carbocycles. The second kappa shape index (κ2) is 3.97. The molecule has 2 nitrogen and oxygen atoms in total. The molecule has 0 saturated heterocycles. The van der Waals surface area contributed by atoms with E-state index in [1.165, 1.54) is 19.3 Å². The Labute approximate surface area is 109 Å². The molecule has 3 aliphatic rings. The first-order chi connectivity index (χ1) is 8.47. The van der Waals surface area contributed by atoms with E-state index in [4.69, 9.17) is 4.74 Å². The van der Waals surface area contributed by atoms with Crippen LogP contribution in [0.3, 0.4) is 0 Å². The molecular weight excluding hydrogens is 224 g/mol. The van der Waals surface area contributed by atoms with E-state index in [2.05, 4.69) is 12.2 Å². The number of allylic oxidation sites excluding steroid dienone is 3. The average molecular weight is 246 g/mol. The van der Waals surface area contributed by atoms with Crippen molar-refractivity contribution in [3.8, 4) is 0 Å². The summed E-state index contributed by atoms with van der Waals surface area (Å²) in [4.78, 5) is 12.0. The zero-order valence-corrected chi connectivity index (χ0v) is 11.5. The third kappa shape index (κ3) is 1.82. The lowest BCUT2D eigenvalue weighted by atomic mass is 9.90. The zero-order valence-electron chi connectivity index (χ0n) is 11.5. The highest BCUT2D eigenvalue weighted by molar-refractivity contribution is 5.75. The standard InChI is InChI=1S/C16H22O2/c1-16(2,3)15(17)18-14-8-7-12-11-6-4-5-10(11)9-13(12)14/h7-8,12-14H,4-6,9H2,1-3H3/t12-,13+,14-/m1/s1. The summed E-state index contributed by atoms with van der Waals surface area (Å²) in [5.41, 5.74) is 2.91. The van der Waals surface area contributed by atoms with Crippen LogP contribution in [0.1, 0.15) is 46.5 Å². The van der Waals surface area contributed by atoms with Crippen molar-refractivity contribution in [3.05, 3.63) is 23.3 Å². The Hall–Kier alpha value is -1.05. The van der Waals surface area contributed by atoms with E-state index in [1.54, 1.807) is 11.1 Å². The van der Waals surface area contributed by atoms with E-state index in [0.717, 1.165) is 6.42 Å². The van der Waals surface area contributed by atoms with Crippen LogP contribution in [0, 0.1) is 17.3 Å². The maximum atomic E-state index is 12.0. The summed E-state index contributed by atoms with van der Waals surface area (Å²) in [6.07, 6.45) is 9.41. The van der Waals surface area contributed by atoms with Crippen LogP contribution in [0.5, 0.6) is 0 Å². The number of hydrogen-bond donors (Lipinski definition) is 0. The number of carbonyl (C=O) groups excluding carboxylic acids is 1. The SMILES string of the molecule is CC(C)(C)C(=O)O[C@@H]1C=C[C@@H]2C3=C(CCC3)C[C@@H]21. The van der Waals surface area contributed by atoms with Crippen LogP contribution < -0.4 is 0 Å². The van der Waals surface area contributed by atoms with Crippen molar-refractivity contribution in [2.45, 2.75) is 52.6 Å². The molecule has 0 aromatic rings. The van der Waals surface area contributed by atoms with E-state index < -0.39 is 5.41 Å². The van der Waals surface area contributed by atoms with Gasteiger partial charge in [-0.3, -0.25) is 4.79 Å². The number of rotatable bonds is 1. The molecule has 0 spiro atoms. The molecule has 18 heavy (non-hydrogen) atoms. The van der Waals surface area contributed by atoms with Gasteiger partial charge < -0.3 is 4.74 Å². The molecule has 0 aromatic carbocycles. The highest BCUT2D eigenvalue weighted by atomic mass is 16.5. The Morgan fingerprint density at radius 2 is 2.06 bits per heavy atom. The minimum atomic E-state index is -0.402. The molecule has 98 valence electrons. The minimum Gasteiger partial charge on any atom is -0.457 e. The maximum Gasteiger partial charge on any atom is 0.311 e. The normalized spacial score (nSPS) is 33.8. The summed E-state index contributed by atoms with van der Waals surface area (Å²) in [5.74, 6) is 0.992. The van der Waals surface area contributed by atoms with Crippen LogP contribution in [-0.4, -0.2) is 12.1 Å². The fraction of sp³-hybridized carbons (Fsp3) is 0.688.